The molecule has 8 aromatic carbocycles. The van der Waals surface area contributed by atoms with Gasteiger partial charge in [-0.1, -0.05) is 220 Å². The predicted octanol–water partition coefficient (Wildman–Crippen LogP) is 22.2. The van der Waals surface area contributed by atoms with E-state index >= 15 is 0 Å². The van der Waals surface area contributed by atoms with Crippen LogP contribution in [0.5, 0.6) is 0 Å². The van der Waals surface area contributed by atoms with Gasteiger partial charge in [0.25, 0.3) is 0 Å². The Kier molecular flexibility index (Phi) is 32.5. The van der Waals surface area contributed by atoms with E-state index in [2.05, 4.69) is 39.0 Å². The molecule has 2 bridgehead atoms. The Hall–Kier alpha value is -9.67. The second-order valence-electron chi connectivity index (χ2n) is 43.1. The van der Waals surface area contributed by atoms with Crippen LogP contribution in [-0.4, -0.2) is 201 Å². The predicted molar refractivity (Wildman–Crippen MR) is 534 cm³/mol. The standard InChI is InChI=1S/C56H66O10.C55H63FO10.C7H14ClFN2/c1-7-44-49(64-52(58)37-20-14-10-15-21-37)47(63-51(57)36-18-12-9-13-19-36)34(4)55(61-44)66-48-35(5)54(60-45(8-2)50(48)65-53(59)38-22-16-11-17-23-38)62-46-29-28-43-42-27-25-39-32-33(3)24-26-40(39)41(42)30-31-56(43,46)6;1-6-43-48(64-51(58)35-19-13-9-14-20-35)46(63-50(57)34-17-11-8-12-18-34)32(3)54(61-43)66-47-33(4)53(60-44(7-2)49(47)65-52(59)36-21-15-10-16-22-36)62-45-28-27-42-41-25-23-37-31-38(56)24-26-39(37)40(41)29-30-55(42,45)5;8-7-10-1-4-11(9,5-2-10)6-3-10/h9-24,26,32,34-35,41-50,54-55H,7-8,25,27-31H2,1-6H3;8-22,24,26,31-33,40-49,53-54H,6-7,23,25,27-30H2,1-5H3;1-7H2/q;;+2/t34?,35?,41-,42-,43+,44?,45?,46+,47?,48?,49?,50?,54?,55?,56+;32?,33?,40-,41-,42+,43?,44?,45+,46?,47?,48?,49?,53?,54?,55+;/m11./s1. The molecule has 0 spiro atoms. The van der Waals surface area contributed by atoms with E-state index < -0.39 is 158 Å². The summed E-state index contributed by atoms with van der Waals surface area (Å²) in [6.45, 7) is 27.5. The van der Waals surface area contributed by atoms with Gasteiger partial charge >= 0.3 is 35.8 Å². The van der Waals surface area contributed by atoms with Crippen LogP contribution in [0, 0.1) is 70.9 Å². The molecule has 4 saturated carbocycles. The number of halogens is 3. The van der Waals surface area contributed by atoms with E-state index in [1.807, 2.05) is 110 Å². The van der Waals surface area contributed by atoms with Gasteiger partial charge in [-0.2, -0.15) is 0 Å². The van der Waals surface area contributed by atoms with Gasteiger partial charge in [-0.05, 0) is 268 Å². The van der Waals surface area contributed by atoms with Gasteiger partial charge < -0.3 is 66.3 Å². The summed E-state index contributed by atoms with van der Waals surface area (Å²) < 4.78 is 123. The van der Waals surface area contributed by atoms with Gasteiger partial charge in [-0.3, -0.25) is 4.48 Å². The number of alkyl halides is 1. The lowest BCUT2D eigenvalue weighted by molar-refractivity contribution is -1.15. The van der Waals surface area contributed by atoms with Crippen molar-refractivity contribution in [1.82, 2.24) is 0 Å². The van der Waals surface area contributed by atoms with E-state index in [0.29, 0.717) is 120 Å². The quantitative estimate of drug-likeness (QED) is 0.0129. The Bertz CT molecular complexity index is 5310. The number of benzene rings is 8. The zero-order valence-corrected chi connectivity index (χ0v) is 85.2. The molecule has 25 heteroatoms. The number of hydrogen-bond donors (Lipinski definition) is 0. The van der Waals surface area contributed by atoms with E-state index in [4.69, 9.17) is 77.9 Å². The van der Waals surface area contributed by atoms with Gasteiger partial charge in [0.05, 0.1) is 57.8 Å². The molecule has 7 saturated heterocycles. The third kappa shape index (κ3) is 21.9. The van der Waals surface area contributed by atoms with Crippen LogP contribution in [0.3, 0.4) is 0 Å². The summed E-state index contributed by atoms with van der Waals surface area (Å²) >= 11 is 5.85. The largest absolute Gasteiger partial charge is 0.454 e. The first-order valence-electron chi connectivity index (χ1n) is 52.8. The molecule has 0 N–H and O–H groups in total. The fraction of sp³-hybridized carbons (Fsp3) is 0.542. The Morgan fingerprint density at radius 3 is 0.958 bits per heavy atom. The third-order valence-corrected chi connectivity index (χ3v) is 35.2. The van der Waals surface area contributed by atoms with Crippen LogP contribution in [0.25, 0.3) is 0 Å². The van der Waals surface area contributed by atoms with E-state index in [9.17, 15) is 37.6 Å². The summed E-state index contributed by atoms with van der Waals surface area (Å²) in [5.41, 5.74) is 9.05. The van der Waals surface area contributed by atoms with Crippen LogP contribution in [0.15, 0.2) is 218 Å². The van der Waals surface area contributed by atoms with Gasteiger partial charge in [-0.15, -0.1) is 4.71 Å². The molecule has 13 aliphatic rings. The van der Waals surface area contributed by atoms with E-state index in [0.717, 1.165) is 100 Å². The van der Waals surface area contributed by atoms with Crippen LogP contribution in [0.1, 0.15) is 261 Å². The zero-order valence-electron chi connectivity index (χ0n) is 84.4. The summed E-state index contributed by atoms with van der Waals surface area (Å²) in [6.07, 6.45) is 1.30. The fourth-order valence-corrected chi connectivity index (χ4v) is 26.6. The molecule has 22 nitrogen and oxygen atoms in total. The summed E-state index contributed by atoms with van der Waals surface area (Å²) in [7, 11) is 0. The molecule has 0 radical (unpaired) electrons. The molecule has 0 aromatic heterocycles. The zero-order chi connectivity index (χ0) is 100. The average molecular weight is 1980 g/mol. The van der Waals surface area contributed by atoms with Gasteiger partial charge in [0, 0.05) is 23.7 Å². The van der Waals surface area contributed by atoms with Crippen LogP contribution >= 0.6 is 11.6 Å². The number of rotatable bonds is 25. The molecule has 21 rings (SSSR count). The number of aryl methyl sites for hydroxylation is 3. The molecular weight excluding hydrogens is 1840 g/mol. The smallest absolute Gasteiger partial charge is 0.338 e. The number of ether oxygens (including phenoxy) is 14. The maximum absolute atomic E-state index is 14.3. The lowest BCUT2D eigenvalue weighted by atomic mass is 9.55. The topological polar surface area (TPSA) is 232 Å². The SMILES string of the molecule is CCC1OC(OC2C(C)C(O[C@H]3CC[C@H]4[C@@H]5CCc6cc(C)ccc6[C@H]5CC[C@]34C)OC(CC)C2OC(=O)c2ccccc2)C(C)C(OC(=O)c2ccccc2)C1OC(=O)c1ccccc1.CCC1OC(OC2C(C)C(O[C@H]3CC[C@H]4[C@@H]5CCc6cc(F)ccc6[C@H]5CC[C@]34C)OC(CC)C2OC(=O)c2ccccc2)C(C)C(OC(=O)c2ccccc2)C1OC(=O)c1ccccc1.F[N+]12CC[N+](CCl)(CC1)CC2. The molecule has 6 aliphatic carbocycles. The number of quaternary nitrogens is 2. The lowest BCUT2D eigenvalue weighted by Crippen LogP contribution is -2.71. The minimum absolute atomic E-state index is 0.0154. The van der Waals surface area contributed by atoms with Gasteiger partial charge in [-0.25, -0.2) is 33.2 Å². The van der Waals surface area contributed by atoms with Crippen LogP contribution in [-0.2, 0) is 79.2 Å². The minimum Gasteiger partial charge on any atom is -0.454 e. The molecule has 143 heavy (non-hydrogen) atoms. The maximum Gasteiger partial charge on any atom is 0.338 e. The van der Waals surface area contributed by atoms with Crippen molar-refractivity contribution in [1.29, 1.82) is 0 Å². The van der Waals surface area contributed by atoms with Crippen molar-refractivity contribution in [2.45, 2.75) is 301 Å². The first-order chi connectivity index (χ1) is 69.1. The highest BCUT2D eigenvalue weighted by Gasteiger charge is 2.63. The van der Waals surface area contributed by atoms with Crippen molar-refractivity contribution < 1.29 is 113 Å². The van der Waals surface area contributed by atoms with E-state index in [1.54, 1.807) is 151 Å². The van der Waals surface area contributed by atoms with Crippen molar-refractivity contribution in [2.24, 2.45) is 58.2 Å². The Morgan fingerprint density at radius 2 is 0.643 bits per heavy atom. The number of carbonyl (C=O) groups excluding carboxylic acids is 6. The van der Waals surface area contributed by atoms with Crippen LogP contribution < -0.4 is 0 Å². The number of carbonyl (C=O) groups is 6. The molecule has 764 valence electrons. The number of nitrogens with zero attached hydrogens (tertiary/aromatic N) is 2. The Balaban J connectivity index is 0.000000170. The number of hydrogen-bond acceptors (Lipinski definition) is 20. The highest BCUT2D eigenvalue weighted by atomic mass is 35.5. The lowest BCUT2D eigenvalue weighted by Gasteiger charge is -2.52. The molecule has 7 heterocycles. The molecule has 7 aliphatic heterocycles. The molecule has 11 fully saturated rings. The molecule has 8 aromatic rings. The van der Waals surface area contributed by atoms with Crippen molar-refractivity contribution >= 4 is 47.4 Å². The summed E-state index contributed by atoms with van der Waals surface area (Å²) in [4.78, 5) is 82.8. The fourth-order valence-electron chi connectivity index (χ4n) is 26.3. The number of fused-ring (bicyclic) bond motifs is 13. The average Bonchev–Trinajstić information content (AvgIpc) is 1.60. The second kappa shape index (κ2) is 45.0. The van der Waals surface area contributed by atoms with Crippen molar-refractivity contribution in [3.05, 3.63) is 285 Å². The first-order valence-corrected chi connectivity index (χ1v) is 53.3. The normalized spacial score (nSPS) is 36.0. The first kappa shape index (κ1) is 103. The van der Waals surface area contributed by atoms with Crippen molar-refractivity contribution in [3.8, 4) is 0 Å². The molecule has 20 unspecified atom stereocenters. The summed E-state index contributed by atoms with van der Waals surface area (Å²) in [5, 5.41) is 0. The van der Waals surface area contributed by atoms with Crippen LogP contribution in [0.4, 0.5) is 8.87 Å². The summed E-state index contributed by atoms with van der Waals surface area (Å²) in [5.74, 6) is -2.43. The number of esters is 6. The van der Waals surface area contributed by atoms with Crippen molar-refractivity contribution in [3.63, 3.8) is 0 Å². The van der Waals surface area contributed by atoms with Gasteiger partial charge in [0.15, 0.2) is 75.2 Å². The third-order valence-electron chi connectivity index (χ3n) is 34.7. The Morgan fingerprint density at radius 1 is 0.357 bits per heavy atom. The van der Waals surface area contributed by atoms with Crippen molar-refractivity contribution in [2.75, 3.05) is 45.3 Å². The second-order valence-corrected chi connectivity index (χ2v) is 43.3. The highest BCUT2D eigenvalue weighted by molar-refractivity contribution is 6.17. The van der Waals surface area contributed by atoms with E-state index in [-0.39, 0.29) is 33.6 Å². The van der Waals surface area contributed by atoms with Crippen LogP contribution in [0.2, 0.25) is 0 Å². The van der Waals surface area contributed by atoms with Gasteiger partial charge in [0.2, 0.25) is 0 Å². The molecule has 0 amide bonds. The highest BCUT2D eigenvalue weighted by Crippen LogP contribution is 2.64. The Labute approximate surface area is 845 Å². The minimum atomic E-state index is -0.983. The molecular formula is C118H143ClF2N2O20+2. The maximum atomic E-state index is 14.3. The number of piperazine rings is 3. The monoisotopic (exact) mass is 1980 g/mol. The summed E-state index contributed by atoms with van der Waals surface area (Å²) in [6, 6.07) is 65.8. The molecule has 30 atom stereocenters. The van der Waals surface area contributed by atoms with Gasteiger partial charge in [0.1, 0.15) is 62.1 Å². The van der Waals surface area contributed by atoms with E-state index in [1.165, 1.54) is 23.1 Å².